The molecule has 3 aliphatic carbocycles. The van der Waals surface area contributed by atoms with Crippen LogP contribution in [0, 0.1) is 5.92 Å². The van der Waals surface area contributed by atoms with Crippen LogP contribution in [-0.2, 0) is 16.6 Å². The summed E-state index contributed by atoms with van der Waals surface area (Å²) in [4.78, 5) is 16.4. The molecule has 6 nitrogen and oxygen atoms in total. The monoisotopic (exact) mass is 418 g/mol. The van der Waals surface area contributed by atoms with Crippen molar-refractivity contribution in [1.82, 2.24) is 14.6 Å². The standard InChI is InChI=1S/C19H23BrN4O2/c20-14-10-21-24-16(22-12-4-3-11(9-12)18(25)26)13-5-8-19(6-1-2-7-19)15(13)23-17(14)24/h10-12,22H,1-9H2,(H,25,26)/t11-,12-/m0/s1. The molecular weight excluding hydrogens is 396 g/mol. The molecule has 2 saturated carbocycles. The lowest BCUT2D eigenvalue weighted by Crippen LogP contribution is -2.23. The lowest BCUT2D eigenvalue weighted by Gasteiger charge is -2.24. The maximum absolute atomic E-state index is 11.3. The van der Waals surface area contributed by atoms with Crippen molar-refractivity contribution in [3.8, 4) is 0 Å². The molecule has 138 valence electrons. The van der Waals surface area contributed by atoms with Gasteiger partial charge in [-0.05, 0) is 60.9 Å². The van der Waals surface area contributed by atoms with Gasteiger partial charge in [-0.3, -0.25) is 4.79 Å². The van der Waals surface area contributed by atoms with Crippen LogP contribution in [0.1, 0.15) is 62.6 Å². The topological polar surface area (TPSA) is 79.5 Å². The molecule has 0 aliphatic heterocycles. The average Bonchev–Trinajstić information content (AvgIpc) is 3.38. The van der Waals surface area contributed by atoms with Gasteiger partial charge >= 0.3 is 5.97 Å². The third-order valence-corrected chi connectivity index (χ3v) is 7.30. The van der Waals surface area contributed by atoms with Gasteiger partial charge in [-0.2, -0.15) is 9.61 Å². The number of carboxylic acid groups (broad SMARTS) is 1. The summed E-state index contributed by atoms with van der Waals surface area (Å²) >= 11 is 3.60. The second kappa shape index (κ2) is 5.94. The molecule has 0 unspecified atom stereocenters. The summed E-state index contributed by atoms with van der Waals surface area (Å²) in [6, 6.07) is 0.189. The molecule has 2 fully saturated rings. The van der Waals surface area contributed by atoms with Crippen LogP contribution in [0.2, 0.25) is 0 Å². The number of carboxylic acids is 1. The minimum atomic E-state index is -0.675. The SMILES string of the molecule is O=C(O)[C@H]1CC[C@H](Nc2c3c(nc4c(Br)cnn24)C2(CCCC2)CC3)C1. The number of aromatic nitrogens is 3. The van der Waals surface area contributed by atoms with Crippen LogP contribution in [0.3, 0.4) is 0 Å². The quantitative estimate of drug-likeness (QED) is 0.789. The zero-order valence-corrected chi connectivity index (χ0v) is 16.3. The molecule has 2 aromatic rings. The van der Waals surface area contributed by atoms with Crippen LogP contribution >= 0.6 is 15.9 Å². The molecule has 26 heavy (non-hydrogen) atoms. The molecule has 0 radical (unpaired) electrons. The van der Waals surface area contributed by atoms with E-state index in [1.54, 1.807) is 6.20 Å². The van der Waals surface area contributed by atoms with Crippen LogP contribution < -0.4 is 5.32 Å². The Labute approximate surface area is 160 Å². The summed E-state index contributed by atoms with van der Waals surface area (Å²) in [5.74, 6) is 0.130. The Balaban J connectivity index is 1.58. The Kier molecular flexibility index (Phi) is 3.78. The molecule has 2 atom stereocenters. The van der Waals surface area contributed by atoms with Gasteiger partial charge in [-0.25, -0.2) is 4.98 Å². The van der Waals surface area contributed by atoms with E-state index in [0.29, 0.717) is 6.42 Å². The first-order valence-corrected chi connectivity index (χ1v) is 10.4. The zero-order chi connectivity index (χ0) is 17.9. The Morgan fingerprint density at radius 2 is 2.12 bits per heavy atom. The first kappa shape index (κ1) is 16.5. The second-order valence-corrected chi connectivity index (χ2v) is 9.05. The number of aliphatic carboxylic acids is 1. The lowest BCUT2D eigenvalue weighted by molar-refractivity contribution is -0.141. The van der Waals surface area contributed by atoms with E-state index in [9.17, 15) is 9.90 Å². The third-order valence-electron chi connectivity index (χ3n) is 6.74. The van der Waals surface area contributed by atoms with Gasteiger partial charge in [0.25, 0.3) is 0 Å². The molecule has 0 bridgehead atoms. The van der Waals surface area contributed by atoms with Crippen molar-refractivity contribution in [2.45, 2.75) is 69.2 Å². The highest BCUT2D eigenvalue weighted by atomic mass is 79.9. The number of rotatable bonds is 3. The molecule has 7 heteroatoms. The van der Waals surface area contributed by atoms with Gasteiger partial charge in [-0.15, -0.1) is 0 Å². The molecule has 2 aromatic heterocycles. The molecule has 3 aliphatic rings. The van der Waals surface area contributed by atoms with E-state index >= 15 is 0 Å². The van der Waals surface area contributed by atoms with Crippen LogP contribution in [0.25, 0.3) is 5.65 Å². The van der Waals surface area contributed by atoms with Crippen LogP contribution in [0.5, 0.6) is 0 Å². The van der Waals surface area contributed by atoms with Gasteiger partial charge in [0, 0.05) is 17.0 Å². The fourth-order valence-corrected chi connectivity index (χ4v) is 5.72. The van der Waals surface area contributed by atoms with E-state index in [-0.39, 0.29) is 17.4 Å². The van der Waals surface area contributed by atoms with E-state index < -0.39 is 5.97 Å². The first-order valence-electron chi connectivity index (χ1n) is 9.63. The fraction of sp³-hybridized carbons (Fsp3) is 0.632. The summed E-state index contributed by atoms with van der Waals surface area (Å²) in [5, 5.41) is 17.5. The van der Waals surface area contributed by atoms with Crippen LogP contribution in [0.4, 0.5) is 5.82 Å². The molecular formula is C19H23BrN4O2. The lowest BCUT2D eigenvalue weighted by atomic mass is 9.83. The molecule has 2 N–H and O–H groups in total. The fourth-order valence-electron chi connectivity index (χ4n) is 5.38. The van der Waals surface area contributed by atoms with Gasteiger partial charge in [-0.1, -0.05) is 12.8 Å². The average molecular weight is 419 g/mol. The highest BCUT2D eigenvalue weighted by molar-refractivity contribution is 9.10. The van der Waals surface area contributed by atoms with E-state index in [0.717, 1.165) is 35.2 Å². The number of nitrogens with one attached hydrogen (secondary N) is 1. The molecule has 1 spiro atoms. The van der Waals surface area contributed by atoms with Crippen LogP contribution in [0.15, 0.2) is 10.7 Å². The van der Waals surface area contributed by atoms with Gasteiger partial charge in [0.1, 0.15) is 5.82 Å². The summed E-state index contributed by atoms with van der Waals surface area (Å²) in [7, 11) is 0. The minimum Gasteiger partial charge on any atom is -0.481 e. The van der Waals surface area contributed by atoms with Gasteiger partial charge in [0.15, 0.2) is 5.65 Å². The molecule has 5 rings (SSSR count). The Bertz CT molecular complexity index is 887. The van der Waals surface area contributed by atoms with Gasteiger partial charge < -0.3 is 10.4 Å². The predicted molar refractivity (Wildman–Crippen MR) is 102 cm³/mol. The van der Waals surface area contributed by atoms with Crippen molar-refractivity contribution in [3.05, 3.63) is 21.9 Å². The third kappa shape index (κ3) is 2.39. The Morgan fingerprint density at radius 1 is 1.31 bits per heavy atom. The van der Waals surface area contributed by atoms with E-state index in [1.165, 1.54) is 43.4 Å². The number of hydrogen-bond acceptors (Lipinski definition) is 4. The highest BCUT2D eigenvalue weighted by Crippen LogP contribution is 2.51. The number of fused-ring (bicyclic) bond motifs is 3. The minimum absolute atomic E-state index is 0.189. The highest BCUT2D eigenvalue weighted by Gasteiger charge is 2.44. The van der Waals surface area contributed by atoms with Crippen molar-refractivity contribution < 1.29 is 9.90 Å². The van der Waals surface area contributed by atoms with Gasteiger partial charge in [0.2, 0.25) is 0 Å². The molecule has 0 aromatic carbocycles. The Hall–Kier alpha value is -1.63. The summed E-state index contributed by atoms with van der Waals surface area (Å²) in [6.07, 6.45) is 11.4. The van der Waals surface area contributed by atoms with Crippen LogP contribution in [-0.4, -0.2) is 31.7 Å². The second-order valence-electron chi connectivity index (χ2n) is 8.19. The number of halogens is 1. The summed E-state index contributed by atoms with van der Waals surface area (Å²) in [5.41, 5.74) is 3.68. The van der Waals surface area contributed by atoms with Gasteiger partial charge in [0.05, 0.1) is 22.3 Å². The summed E-state index contributed by atoms with van der Waals surface area (Å²) in [6.45, 7) is 0. The predicted octanol–water partition coefficient (Wildman–Crippen LogP) is 3.92. The summed E-state index contributed by atoms with van der Waals surface area (Å²) < 4.78 is 2.82. The number of hydrogen-bond donors (Lipinski definition) is 2. The maximum Gasteiger partial charge on any atom is 0.306 e. The smallest absolute Gasteiger partial charge is 0.306 e. The molecule has 0 saturated heterocycles. The Morgan fingerprint density at radius 3 is 2.85 bits per heavy atom. The van der Waals surface area contributed by atoms with Crippen molar-refractivity contribution in [2.75, 3.05) is 5.32 Å². The number of carbonyl (C=O) groups is 1. The maximum atomic E-state index is 11.3. The van der Waals surface area contributed by atoms with E-state index in [4.69, 9.17) is 4.98 Å². The van der Waals surface area contributed by atoms with Crippen molar-refractivity contribution in [2.24, 2.45) is 5.92 Å². The largest absolute Gasteiger partial charge is 0.481 e. The van der Waals surface area contributed by atoms with E-state index in [1.807, 2.05) is 4.52 Å². The molecule has 2 heterocycles. The normalized spacial score (nSPS) is 26.7. The molecule has 0 amide bonds. The van der Waals surface area contributed by atoms with E-state index in [2.05, 4.69) is 26.3 Å². The van der Waals surface area contributed by atoms with Crippen molar-refractivity contribution in [1.29, 1.82) is 0 Å². The number of nitrogens with zero attached hydrogens (tertiary/aromatic N) is 3. The van der Waals surface area contributed by atoms with Crippen molar-refractivity contribution >= 4 is 33.4 Å². The number of anilines is 1. The van der Waals surface area contributed by atoms with Crippen molar-refractivity contribution in [3.63, 3.8) is 0 Å². The first-order chi connectivity index (χ1) is 12.6. The zero-order valence-electron chi connectivity index (χ0n) is 14.7.